The van der Waals surface area contributed by atoms with Crippen LogP contribution >= 0.6 is 11.8 Å². The normalized spacial score (nSPS) is 10.9. The monoisotopic (exact) mass is 550 g/mol. The van der Waals surface area contributed by atoms with Gasteiger partial charge in [0.05, 0.1) is 25.7 Å². The number of carbonyl (C=O) groups excluding carboxylic acids is 1. The van der Waals surface area contributed by atoms with E-state index >= 15 is 0 Å². The average Bonchev–Trinajstić information content (AvgIpc) is 3.30. The fraction of sp³-hybridized carbons (Fsp3) is 0.296. The van der Waals surface area contributed by atoms with Crippen LogP contribution in [0.1, 0.15) is 28.2 Å². The second-order valence-corrected chi connectivity index (χ2v) is 9.83. The van der Waals surface area contributed by atoms with Gasteiger partial charge in [-0.25, -0.2) is 4.79 Å². The van der Waals surface area contributed by atoms with Crippen molar-refractivity contribution < 1.29 is 14.3 Å². The molecule has 12 heteroatoms. The molecule has 3 N–H and O–H groups in total. The number of aryl methyl sites for hydroxylation is 2. The summed E-state index contributed by atoms with van der Waals surface area (Å²) in [5.74, 6) is 1.82. The van der Waals surface area contributed by atoms with Crippen molar-refractivity contribution in [3.05, 3.63) is 91.5 Å². The van der Waals surface area contributed by atoms with Crippen molar-refractivity contribution in [3.8, 4) is 17.2 Å². The number of amides is 1. The van der Waals surface area contributed by atoms with Crippen LogP contribution in [0.25, 0.3) is 5.69 Å². The predicted octanol–water partition coefficient (Wildman–Crippen LogP) is 2.32. The Kier molecular flexibility index (Phi) is 8.87. The number of ether oxygens (including phenoxy) is 2. The summed E-state index contributed by atoms with van der Waals surface area (Å²) < 4.78 is 12.5. The summed E-state index contributed by atoms with van der Waals surface area (Å²) >= 11 is 1.26. The van der Waals surface area contributed by atoms with Crippen molar-refractivity contribution in [3.63, 3.8) is 0 Å². The van der Waals surface area contributed by atoms with Crippen LogP contribution in [0, 0.1) is 13.8 Å². The van der Waals surface area contributed by atoms with Gasteiger partial charge < -0.3 is 19.8 Å². The third kappa shape index (κ3) is 6.96. The molecule has 204 valence electrons. The van der Waals surface area contributed by atoms with E-state index in [4.69, 9.17) is 9.47 Å². The molecule has 0 atom stereocenters. The van der Waals surface area contributed by atoms with Crippen molar-refractivity contribution in [2.75, 3.05) is 26.5 Å². The SMILES string of the molecule is COc1ccc(CCNC(=O)CSc2nnc(Cc3cc(=O)[nH]c(=O)[nH]3)n2-c2cc(C)ccc2C)cc1OC. The maximum absolute atomic E-state index is 12.7. The maximum atomic E-state index is 12.7. The molecule has 0 saturated carbocycles. The van der Waals surface area contributed by atoms with Gasteiger partial charge in [0.2, 0.25) is 5.91 Å². The zero-order valence-electron chi connectivity index (χ0n) is 22.2. The number of carbonyl (C=O) groups is 1. The summed E-state index contributed by atoms with van der Waals surface area (Å²) in [5, 5.41) is 12.1. The molecule has 0 saturated heterocycles. The van der Waals surface area contributed by atoms with Crippen LogP contribution < -0.4 is 26.0 Å². The predicted molar refractivity (Wildman–Crippen MR) is 148 cm³/mol. The molecule has 0 fully saturated rings. The number of rotatable bonds is 11. The Morgan fingerprint density at radius 3 is 2.54 bits per heavy atom. The number of thioether (sulfide) groups is 1. The minimum absolute atomic E-state index is 0.136. The Balaban J connectivity index is 1.48. The lowest BCUT2D eigenvalue weighted by Gasteiger charge is -2.14. The molecule has 0 bridgehead atoms. The highest BCUT2D eigenvalue weighted by Gasteiger charge is 2.18. The highest BCUT2D eigenvalue weighted by atomic mass is 32.2. The number of aromatic amines is 2. The summed E-state index contributed by atoms with van der Waals surface area (Å²) in [5.41, 5.74) is 3.23. The Hall–Kier alpha value is -4.32. The number of hydrogen-bond acceptors (Lipinski definition) is 8. The molecule has 4 rings (SSSR count). The van der Waals surface area contributed by atoms with Crippen LogP contribution in [0.15, 0.2) is 57.2 Å². The Morgan fingerprint density at radius 1 is 1.00 bits per heavy atom. The Morgan fingerprint density at radius 2 is 1.79 bits per heavy atom. The van der Waals surface area contributed by atoms with E-state index in [1.165, 1.54) is 17.8 Å². The topological polar surface area (TPSA) is 144 Å². The molecule has 2 aromatic carbocycles. The van der Waals surface area contributed by atoms with Gasteiger partial charge >= 0.3 is 5.69 Å². The van der Waals surface area contributed by atoms with Crippen LogP contribution in [0.2, 0.25) is 0 Å². The molecular weight excluding hydrogens is 520 g/mol. The van der Waals surface area contributed by atoms with Gasteiger partial charge in [-0.15, -0.1) is 10.2 Å². The summed E-state index contributed by atoms with van der Waals surface area (Å²) in [6.07, 6.45) is 0.811. The second kappa shape index (κ2) is 12.5. The minimum atomic E-state index is -0.588. The lowest BCUT2D eigenvalue weighted by molar-refractivity contribution is -0.118. The van der Waals surface area contributed by atoms with Crippen molar-refractivity contribution in [2.45, 2.75) is 31.8 Å². The molecule has 0 aliphatic carbocycles. The molecule has 0 spiro atoms. The Labute approximate surface area is 229 Å². The lowest BCUT2D eigenvalue weighted by Crippen LogP contribution is -2.27. The standard InChI is InChI=1S/C27H30N6O5S/c1-16-5-6-17(2)20(11-16)33-23(13-19-14-24(34)30-26(36)29-19)31-32-27(33)39-15-25(35)28-10-9-18-7-8-21(37-3)22(12-18)38-4/h5-8,11-12,14H,9-10,13,15H2,1-4H3,(H,28,35)(H2,29,30,34,36). The second-order valence-electron chi connectivity index (χ2n) is 8.89. The first-order chi connectivity index (χ1) is 18.8. The summed E-state index contributed by atoms with van der Waals surface area (Å²) in [7, 11) is 3.17. The third-order valence-corrected chi connectivity index (χ3v) is 6.92. The van der Waals surface area contributed by atoms with Crippen LogP contribution in [0.5, 0.6) is 11.5 Å². The highest BCUT2D eigenvalue weighted by Crippen LogP contribution is 2.28. The zero-order chi connectivity index (χ0) is 27.9. The largest absolute Gasteiger partial charge is 0.493 e. The molecule has 1 amide bonds. The number of benzene rings is 2. The summed E-state index contributed by atoms with van der Waals surface area (Å²) in [4.78, 5) is 41.0. The van der Waals surface area contributed by atoms with Crippen molar-refractivity contribution >= 4 is 17.7 Å². The fourth-order valence-electron chi connectivity index (χ4n) is 4.06. The molecule has 39 heavy (non-hydrogen) atoms. The smallest absolute Gasteiger partial charge is 0.325 e. The maximum Gasteiger partial charge on any atom is 0.325 e. The van der Waals surface area contributed by atoms with Gasteiger partial charge in [0.1, 0.15) is 5.82 Å². The lowest BCUT2D eigenvalue weighted by atomic mass is 10.1. The van der Waals surface area contributed by atoms with E-state index in [-0.39, 0.29) is 18.1 Å². The third-order valence-electron chi connectivity index (χ3n) is 5.99. The first-order valence-corrected chi connectivity index (χ1v) is 13.2. The van der Waals surface area contributed by atoms with E-state index < -0.39 is 11.2 Å². The number of hydrogen-bond donors (Lipinski definition) is 3. The molecule has 0 aliphatic heterocycles. The summed E-state index contributed by atoms with van der Waals surface area (Å²) in [6.45, 7) is 4.42. The molecule has 2 heterocycles. The van der Waals surface area contributed by atoms with E-state index in [0.717, 1.165) is 22.4 Å². The molecule has 0 unspecified atom stereocenters. The van der Waals surface area contributed by atoms with Gasteiger partial charge in [-0.05, 0) is 55.2 Å². The first-order valence-electron chi connectivity index (χ1n) is 12.2. The van der Waals surface area contributed by atoms with E-state index in [1.807, 2.05) is 54.8 Å². The van der Waals surface area contributed by atoms with Gasteiger partial charge in [0.15, 0.2) is 16.7 Å². The van der Waals surface area contributed by atoms with Crippen molar-refractivity contribution in [1.82, 2.24) is 30.0 Å². The number of nitrogens with one attached hydrogen (secondary N) is 3. The van der Waals surface area contributed by atoms with E-state index in [0.29, 0.717) is 41.1 Å². The van der Waals surface area contributed by atoms with Gasteiger partial charge in [-0.3, -0.25) is 19.1 Å². The highest BCUT2D eigenvalue weighted by molar-refractivity contribution is 7.99. The van der Waals surface area contributed by atoms with Gasteiger partial charge in [0.25, 0.3) is 5.56 Å². The van der Waals surface area contributed by atoms with Gasteiger partial charge in [-0.2, -0.15) is 0 Å². The molecule has 2 aromatic heterocycles. The molecule has 11 nitrogen and oxygen atoms in total. The average molecular weight is 551 g/mol. The fourth-order valence-corrected chi connectivity index (χ4v) is 4.85. The van der Waals surface area contributed by atoms with Gasteiger partial charge in [0, 0.05) is 24.7 Å². The number of nitrogens with zero attached hydrogens (tertiary/aromatic N) is 3. The Bertz CT molecular complexity index is 1560. The van der Waals surface area contributed by atoms with E-state index in [1.54, 1.807) is 14.2 Å². The number of methoxy groups -OCH3 is 2. The molecule has 4 aromatic rings. The van der Waals surface area contributed by atoms with Crippen LogP contribution in [0.4, 0.5) is 0 Å². The van der Waals surface area contributed by atoms with Crippen molar-refractivity contribution in [1.29, 1.82) is 0 Å². The number of aromatic nitrogens is 5. The quantitative estimate of drug-likeness (QED) is 0.241. The van der Waals surface area contributed by atoms with E-state index in [9.17, 15) is 14.4 Å². The van der Waals surface area contributed by atoms with Crippen LogP contribution in [-0.2, 0) is 17.6 Å². The number of H-pyrrole nitrogens is 2. The molecule has 0 radical (unpaired) electrons. The van der Waals surface area contributed by atoms with Gasteiger partial charge in [-0.1, -0.05) is 30.0 Å². The molecule has 0 aliphatic rings. The van der Waals surface area contributed by atoms with Crippen LogP contribution in [-0.4, -0.2) is 57.2 Å². The van der Waals surface area contributed by atoms with Crippen LogP contribution in [0.3, 0.4) is 0 Å². The minimum Gasteiger partial charge on any atom is -0.493 e. The van der Waals surface area contributed by atoms with Crippen molar-refractivity contribution in [2.24, 2.45) is 0 Å². The molecular formula is C27H30N6O5S. The first kappa shape index (κ1) is 27.7. The summed E-state index contributed by atoms with van der Waals surface area (Å²) in [6, 6.07) is 13.0. The van der Waals surface area contributed by atoms with E-state index in [2.05, 4.69) is 25.5 Å². The zero-order valence-corrected chi connectivity index (χ0v) is 23.0.